The van der Waals surface area contributed by atoms with E-state index >= 15 is 0 Å². The summed E-state index contributed by atoms with van der Waals surface area (Å²) >= 11 is 0. The smallest absolute Gasteiger partial charge is 0 e. The topological polar surface area (TPSA) is 29.4 Å². The Labute approximate surface area is 68.6 Å². The first-order valence-corrected chi connectivity index (χ1v) is 1.00. The quantitative estimate of drug-likeness (QED) is 0.325. The van der Waals surface area contributed by atoms with Gasteiger partial charge in [-0.25, -0.2) is 0 Å². The van der Waals surface area contributed by atoms with Gasteiger partial charge in [-0.15, -0.1) is 6.20 Å². The van der Waals surface area contributed by atoms with Crippen LogP contribution in [0.15, 0.2) is 11.6 Å². The summed E-state index contributed by atoms with van der Waals surface area (Å²) in [6.07, 6.45) is 3.19. The van der Waals surface area contributed by atoms with Gasteiger partial charge >= 0.3 is 0 Å². The first-order valence-electron chi connectivity index (χ1n) is 1.00. The fraction of sp³-hybridized carbons (Fsp3) is 0. The van der Waals surface area contributed by atoms with E-state index in [1.807, 2.05) is 6.20 Å². The average molecular weight is 172 g/mol. The number of aliphatic imine (C=N–C) groups is 1. The molecule has 0 saturated carbocycles. The van der Waals surface area contributed by atoms with Crippen molar-refractivity contribution in [3.63, 3.8) is 0 Å². The van der Waals surface area contributed by atoms with Crippen LogP contribution in [-0.4, -0.2) is 6.08 Å². The van der Waals surface area contributed by atoms with Crippen LogP contribution in [0.1, 0.15) is 0 Å². The van der Waals surface area contributed by atoms with Crippen LogP contribution in [-0.2, 0) is 37.5 Å². The molecule has 0 unspecified atom stereocenters. The summed E-state index contributed by atoms with van der Waals surface area (Å²) in [7, 11) is 0. The van der Waals surface area contributed by atoms with Crippen LogP contribution in [0.3, 0.4) is 0 Å². The molecule has 3 heteroatoms. The van der Waals surface area contributed by atoms with Gasteiger partial charge in [-0.2, -0.15) is 6.58 Å². The van der Waals surface area contributed by atoms with Gasteiger partial charge < -0.3 is 17.2 Å². The van der Waals surface area contributed by atoms with Gasteiger partial charge in [0, 0.05) is 32.7 Å². The van der Waals surface area contributed by atoms with E-state index in [9.17, 15) is 0 Å². The zero-order valence-corrected chi connectivity index (χ0v) is 6.98. The van der Waals surface area contributed by atoms with Gasteiger partial charge in [0.2, 0.25) is 0 Å². The third-order valence-electron chi connectivity index (χ3n) is 0.125. The van der Waals surface area contributed by atoms with E-state index in [0.717, 1.165) is 0 Å². The van der Waals surface area contributed by atoms with Gasteiger partial charge in [0.05, 0.1) is 0 Å². The largest absolute Gasteiger partial charge is 0.392 e. The molecule has 0 aliphatic carbocycles. The summed E-state index contributed by atoms with van der Waals surface area (Å²) in [5.41, 5.74) is 0. The van der Waals surface area contributed by atoms with Crippen LogP contribution < -0.4 is 0 Å². The number of hydrogen-bond acceptors (Lipinski definition) is 2. The van der Waals surface area contributed by atoms with Gasteiger partial charge in [0.1, 0.15) is 0 Å². The second kappa shape index (κ2) is 16.3. The molecule has 0 aromatic heterocycles. The molecule has 0 heterocycles. The Morgan fingerprint density at radius 1 is 1.71 bits per heavy atom. The normalized spacial score (nSPS) is 3.43. The van der Waals surface area contributed by atoms with Crippen molar-refractivity contribution in [2.24, 2.45) is 4.99 Å². The van der Waals surface area contributed by atoms with E-state index < -0.39 is 0 Å². The van der Waals surface area contributed by atoms with E-state index in [1.54, 1.807) is 0 Å². The number of nitrogens with zero attached hydrogens (tertiary/aromatic N) is 1. The molecule has 37 valence electrons. The van der Waals surface area contributed by atoms with Crippen molar-refractivity contribution in [1.29, 1.82) is 0 Å². The summed E-state index contributed by atoms with van der Waals surface area (Å²) in [4.78, 5) is 11.8. The Hall–Kier alpha value is 0.224. The van der Waals surface area contributed by atoms with Crippen molar-refractivity contribution >= 4 is 6.08 Å². The summed E-state index contributed by atoms with van der Waals surface area (Å²) in [5, 5.41) is 0. The first-order chi connectivity index (χ1) is 2.41. The fourth-order valence-corrected chi connectivity index (χ4v) is 0.0323. The third-order valence-corrected chi connectivity index (χ3v) is 0.125. The standard InChI is InChI=1S/C3H2NO.CH3.Y/c1-2-4-3-5;;/h1H2;1H3;/q2*-1;. The molecule has 0 aliphatic heterocycles. The molecule has 0 rings (SSSR count). The minimum absolute atomic E-state index is 0. The molecule has 0 saturated heterocycles. The van der Waals surface area contributed by atoms with Gasteiger partial charge in [-0.1, -0.05) is 0 Å². The molecule has 7 heavy (non-hydrogen) atoms. The summed E-state index contributed by atoms with van der Waals surface area (Å²) in [6.45, 7) is 3.00. The van der Waals surface area contributed by atoms with Crippen molar-refractivity contribution in [2.45, 2.75) is 0 Å². The van der Waals surface area contributed by atoms with E-state index in [2.05, 4.69) is 11.6 Å². The average Bonchev–Trinajstić information content (AvgIpc) is 1.41. The van der Waals surface area contributed by atoms with Crippen LogP contribution in [0.2, 0.25) is 0 Å². The molecule has 0 spiro atoms. The molecule has 0 bridgehead atoms. The van der Waals surface area contributed by atoms with E-state index in [0.29, 0.717) is 0 Å². The Kier molecular flexibility index (Phi) is 36.6. The molecule has 2 nitrogen and oxygen atoms in total. The molecule has 0 aromatic rings. The number of isocyanates is 1. The van der Waals surface area contributed by atoms with Gasteiger partial charge in [0.25, 0.3) is 0 Å². The van der Waals surface area contributed by atoms with Crippen LogP contribution in [0.4, 0.5) is 0 Å². The van der Waals surface area contributed by atoms with Crippen LogP contribution in [0.5, 0.6) is 0 Å². The van der Waals surface area contributed by atoms with E-state index in [1.165, 1.54) is 6.08 Å². The van der Waals surface area contributed by atoms with Gasteiger partial charge in [-0.05, 0) is 6.08 Å². The first kappa shape index (κ1) is 15.7. The molecule has 0 aromatic carbocycles. The molecule has 0 N–H and O–H groups in total. The molecule has 0 atom stereocenters. The van der Waals surface area contributed by atoms with Crippen molar-refractivity contribution in [1.82, 2.24) is 0 Å². The second-order valence-electron chi connectivity index (χ2n) is 0.361. The van der Waals surface area contributed by atoms with Crippen LogP contribution >= 0.6 is 0 Å². The van der Waals surface area contributed by atoms with E-state index in [4.69, 9.17) is 4.79 Å². The second-order valence-corrected chi connectivity index (χ2v) is 0.361. The molecular formula is C4H5NOY-2. The molecular weight excluding hydrogens is 167 g/mol. The zero-order chi connectivity index (χ0) is 4.12. The maximum atomic E-state index is 9.01. The minimum atomic E-state index is 0. The summed E-state index contributed by atoms with van der Waals surface area (Å²) in [6, 6.07) is 0. The van der Waals surface area contributed by atoms with Crippen molar-refractivity contribution < 1.29 is 37.5 Å². The maximum Gasteiger partial charge on any atom is 0 e. The Morgan fingerprint density at radius 3 is 2.14 bits per heavy atom. The summed E-state index contributed by atoms with van der Waals surface area (Å²) < 4.78 is 0. The fourth-order valence-electron chi connectivity index (χ4n) is 0.0323. The monoisotopic (exact) mass is 172 g/mol. The molecule has 1 radical (unpaired) electrons. The van der Waals surface area contributed by atoms with Crippen LogP contribution in [0.25, 0.3) is 0 Å². The molecule has 0 fully saturated rings. The third kappa shape index (κ3) is 22.5. The Bertz CT molecular complexity index is 75.8. The maximum absolute atomic E-state index is 9.01. The van der Waals surface area contributed by atoms with Crippen molar-refractivity contribution in [3.05, 3.63) is 20.2 Å². The van der Waals surface area contributed by atoms with Crippen molar-refractivity contribution in [3.8, 4) is 0 Å². The SMILES string of the molecule is C=[C-]N=C=O.[CH3-].[Y]. The summed E-state index contributed by atoms with van der Waals surface area (Å²) in [5.74, 6) is 0. The minimum Gasteiger partial charge on any atom is -0.392 e. The van der Waals surface area contributed by atoms with Gasteiger partial charge in [-0.3, -0.25) is 0 Å². The van der Waals surface area contributed by atoms with Gasteiger partial charge in [0.15, 0.2) is 0 Å². The van der Waals surface area contributed by atoms with Crippen LogP contribution in [0, 0.1) is 13.6 Å². The number of hydrogen-bond donors (Lipinski definition) is 0. The Morgan fingerprint density at radius 2 is 2.14 bits per heavy atom. The van der Waals surface area contributed by atoms with Crippen molar-refractivity contribution in [2.75, 3.05) is 0 Å². The number of carbonyl (C=O) groups excluding carboxylic acids is 1. The Balaban J connectivity index is -0.0000000800. The molecule has 0 aliphatic rings. The number of rotatable bonds is 1. The predicted molar refractivity (Wildman–Crippen MR) is 23.4 cm³/mol. The predicted octanol–water partition coefficient (Wildman–Crippen LogP) is 0.717. The molecule has 0 amide bonds. The van der Waals surface area contributed by atoms with E-state index in [-0.39, 0.29) is 40.1 Å². The zero-order valence-electron chi connectivity index (χ0n) is 4.14.